The van der Waals surface area contributed by atoms with Gasteiger partial charge in [-0.15, -0.1) is 0 Å². The number of thiocarbonyl (C=S) groups is 2. The maximum atomic E-state index is 5.74. The number of hydrazone groups is 2. The second kappa shape index (κ2) is 14.6. The number of hydrogen-bond donors (Lipinski definition) is 4. The molecule has 0 spiro atoms. The van der Waals surface area contributed by atoms with Crippen molar-refractivity contribution in [3.8, 4) is 0 Å². The van der Waals surface area contributed by atoms with Gasteiger partial charge in [0.25, 0.3) is 0 Å². The average molecular weight is 598 g/mol. The Morgan fingerprint density at radius 2 is 1.12 bits per heavy atom. The lowest BCUT2D eigenvalue weighted by Gasteiger charge is -2.28. The normalized spacial score (nSPS) is 11.9. The van der Waals surface area contributed by atoms with Gasteiger partial charge in [0.05, 0.1) is 5.71 Å². The van der Waals surface area contributed by atoms with Gasteiger partial charge in [-0.05, 0) is 74.7 Å². The van der Waals surface area contributed by atoms with Crippen molar-refractivity contribution in [2.75, 3.05) is 13.3 Å². The molecule has 208 valence electrons. The quantitative estimate of drug-likeness (QED) is 0.0980. The van der Waals surface area contributed by atoms with Gasteiger partial charge in [-0.3, -0.25) is 10.9 Å². The van der Waals surface area contributed by atoms with Crippen molar-refractivity contribution in [3.63, 3.8) is 0 Å². The third kappa shape index (κ3) is 7.61. The summed E-state index contributed by atoms with van der Waals surface area (Å²) in [6, 6.07) is 40.1. The molecule has 0 aliphatic carbocycles. The first-order chi connectivity index (χ1) is 19.9. The smallest absolute Gasteiger partial charge is 0.189 e. The summed E-state index contributed by atoms with van der Waals surface area (Å²) in [5.74, 6) is 0. The van der Waals surface area contributed by atoms with E-state index in [1.807, 2.05) is 38.1 Å². The zero-order valence-electron chi connectivity index (χ0n) is 23.3. The highest BCUT2D eigenvalue weighted by Crippen LogP contribution is 2.54. The van der Waals surface area contributed by atoms with Gasteiger partial charge in [0.15, 0.2) is 10.2 Å². The zero-order chi connectivity index (χ0) is 29.1. The summed E-state index contributed by atoms with van der Waals surface area (Å²) in [5.41, 5.74) is 9.28. The van der Waals surface area contributed by atoms with E-state index in [1.165, 1.54) is 15.9 Å². The van der Waals surface area contributed by atoms with Crippen molar-refractivity contribution in [1.29, 1.82) is 0 Å². The Balaban J connectivity index is 1.61. The van der Waals surface area contributed by atoms with Crippen LogP contribution in [0.5, 0.6) is 0 Å². The van der Waals surface area contributed by atoms with Gasteiger partial charge in [-0.2, -0.15) is 10.2 Å². The minimum absolute atomic E-state index is 0.413. The molecule has 0 amide bonds. The molecule has 0 aliphatic heterocycles. The molecule has 41 heavy (non-hydrogen) atoms. The van der Waals surface area contributed by atoms with Gasteiger partial charge in [0, 0.05) is 12.6 Å². The lowest BCUT2D eigenvalue weighted by molar-refractivity contribution is 0.956. The molecule has 0 fully saturated rings. The Morgan fingerprint density at radius 3 is 1.59 bits per heavy atom. The summed E-state index contributed by atoms with van der Waals surface area (Å²) < 4.78 is 0. The number of rotatable bonds is 9. The number of benzene rings is 4. The molecule has 0 aromatic heterocycles. The lowest BCUT2D eigenvalue weighted by Crippen LogP contribution is -2.42. The van der Waals surface area contributed by atoms with E-state index in [4.69, 9.17) is 24.4 Å². The molecule has 9 heteroatoms. The van der Waals surface area contributed by atoms with Gasteiger partial charge in [-0.25, -0.2) is 0 Å². The predicted octanol–water partition coefficient (Wildman–Crippen LogP) is 4.58. The van der Waals surface area contributed by atoms with Crippen LogP contribution in [0.25, 0.3) is 0 Å². The molecule has 0 saturated heterocycles. The minimum atomic E-state index is -2.09. The fraction of sp³-hybridized carbons (Fsp3) is 0.125. The Bertz CT molecular complexity index is 1410. The second-order valence-corrected chi connectivity index (χ2v) is 13.6. The third-order valence-corrected chi connectivity index (χ3v) is 11.3. The monoisotopic (exact) mass is 597 g/mol. The molecule has 0 radical (unpaired) electrons. The van der Waals surface area contributed by atoms with E-state index in [1.54, 1.807) is 7.05 Å². The van der Waals surface area contributed by atoms with Gasteiger partial charge >= 0.3 is 0 Å². The SMILES string of the molecule is CNC(=S)NN=C(C(C)=NNC(=S)NC[P+](c1ccccc1)(c1ccccc1)c1ccccc1)c1ccc(C)cc1. The van der Waals surface area contributed by atoms with E-state index in [0.29, 0.717) is 27.9 Å². The molecule has 0 heterocycles. The van der Waals surface area contributed by atoms with E-state index in [0.717, 1.165) is 11.1 Å². The van der Waals surface area contributed by atoms with Crippen LogP contribution in [0.4, 0.5) is 0 Å². The maximum Gasteiger partial charge on any atom is 0.189 e. The van der Waals surface area contributed by atoms with Crippen molar-refractivity contribution >= 4 is 69.3 Å². The molecule has 0 saturated carbocycles. The minimum Gasteiger partial charge on any atom is -0.364 e. The second-order valence-electron chi connectivity index (χ2n) is 9.31. The summed E-state index contributed by atoms with van der Waals surface area (Å²) in [6.07, 6.45) is 0.627. The average Bonchev–Trinajstić information content (AvgIpc) is 3.02. The Hall–Kier alpha value is -3.97. The van der Waals surface area contributed by atoms with Crippen LogP contribution in [0.3, 0.4) is 0 Å². The van der Waals surface area contributed by atoms with Crippen molar-refractivity contribution in [3.05, 3.63) is 126 Å². The van der Waals surface area contributed by atoms with E-state index in [-0.39, 0.29) is 0 Å². The van der Waals surface area contributed by atoms with Gasteiger partial charge < -0.3 is 10.6 Å². The highest BCUT2D eigenvalue weighted by molar-refractivity contribution is 7.95. The van der Waals surface area contributed by atoms with E-state index >= 15 is 0 Å². The van der Waals surface area contributed by atoms with Crippen molar-refractivity contribution in [1.82, 2.24) is 21.5 Å². The largest absolute Gasteiger partial charge is 0.364 e. The predicted molar refractivity (Wildman–Crippen MR) is 185 cm³/mol. The summed E-state index contributed by atoms with van der Waals surface area (Å²) in [6.45, 7) is 3.93. The zero-order valence-corrected chi connectivity index (χ0v) is 25.9. The molecule has 4 N–H and O–H groups in total. The first-order valence-corrected chi connectivity index (χ1v) is 16.0. The van der Waals surface area contributed by atoms with Crippen LogP contribution in [0.15, 0.2) is 125 Å². The number of nitrogens with one attached hydrogen (secondary N) is 4. The fourth-order valence-electron chi connectivity index (χ4n) is 4.41. The Labute approximate surface area is 253 Å². The number of nitrogens with zero attached hydrogens (tertiary/aromatic N) is 2. The highest BCUT2D eigenvalue weighted by Gasteiger charge is 2.45. The molecule has 4 rings (SSSR count). The maximum absolute atomic E-state index is 5.74. The topological polar surface area (TPSA) is 72.8 Å². The molecule has 4 aromatic carbocycles. The Morgan fingerprint density at radius 1 is 0.659 bits per heavy atom. The van der Waals surface area contributed by atoms with Crippen LogP contribution < -0.4 is 37.4 Å². The molecule has 6 nitrogen and oxygen atoms in total. The Kier molecular flexibility index (Phi) is 10.7. The van der Waals surface area contributed by atoms with E-state index in [9.17, 15) is 0 Å². The fourth-order valence-corrected chi connectivity index (χ4v) is 8.57. The molecular formula is C32H34N6PS2+. The third-order valence-electron chi connectivity index (χ3n) is 6.56. The standard InChI is InChI=1S/C32H33N6PS2/c1-24-19-21-26(22-20-24)30(36-37-31(40)33-3)25(2)35-38-32(41)34-23-39(27-13-7-4-8-14-27,28-15-9-5-10-16-28)29-17-11-6-12-18-29/h4-22H,23H2,1-3H3,(H3-,33,34,35,36,37,38,40,41)/p+1. The van der Waals surface area contributed by atoms with Crippen molar-refractivity contribution in [2.45, 2.75) is 13.8 Å². The number of aryl methyl sites for hydroxylation is 1. The van der Waals surface area contributed by atoms with Crippen molar-refractivity contribution < 1.29 is 0 Å². The molecule has 0 unspecified atom stereocenters. The summed E-state index contributed by atoms with van der Waals surface area (Å²) in [4.78, 5) is 0. The molecule has 4 aromatic rings. The van der Waals surface area contributed by atoms with Gasteiger partial charge in [-0.1, -0.05) is 84.4 Å². The van der Waals surface area contributed by atoms with Gasteiger partial charge in [0.2, 0.25) is 0 Å². The summed E-state index contributed by atoms with van der Waals surface area (Å²) >= 11 is 11.0. The van der Waals surface area contributed by atoms with Crippen LogP contribution >= 0.6 is 31.7 Å². The summed E-state index contributed by atoms with van der Waals surface area (Å²) in [5, 5.41) is 20.1. The summed E-state index contributed by atoms with van der Waals surface area (Å²) in [7, 11) is -0.351. The van der Waals surface area contributed by atoms with E-state index < -0.39 is 7.26 Å². The number of hydrogen-bond acceptors (Lipinski definition) is 4. The molecule has 0 bridgehead atoms. The van der Waals surface area contributed by atoms with Crippen LogP contribution in [-0.2, 0) is 0 Å². The van der Waals surface area contributed by atoms with Gasteiger partial charge in [0.1, 0.15) is 35.2 Å². The van der Waals surface area contributed by atoms with Crippen LogP contribution in [0, 0.1) is 6.92 Å². The van der Waals surface area contributed by atoms with Crippen LogP contribution in [-0.4, -0.2) is 35.0 Å². The van der Waals surface area contributed by atoms with E-state index in [2.05, 4.69) is 123 Å². The lowest BCUT2D eigenvalue weighted by atomic mass is 10.1. The van der Waals surface area contributed by atoms with Crippen molar-refractivity contribution in [2.24, 2.45) is 10.2 Å². The molecule has 0 aliphatic rings. The first kappa shape index (κ1) is 30.0. The van der Waals surface area contributed by atoms with Crippen LogP contribution in [0.1, 0.15) is 18.1 Å². The first-order valence-electron chi connectivity index (χ1n) is 13.2. The highest BCUT2D eigenvalue weighted by atomic mass is 32.1. The van der Waals surface area contributed by atoms with Crippen LogP contribution in [0.2, 0.25) is 0 Å². The molecular weight excluding hydrogens is 564 g/mol. The molecule has 0 atom stereocenters.